The maximum atomic E-state index is 11.8. The molecule has 0 atom stereocenters. The van der Waals surface area contributed by atoms with E-state index in [1.807, 2.05) is 31.2 Å². The average molecular weight is 420 g/mol. The molecule has 1 aromatic carbocycles. The second-order valence-electron chi connectivity index (χ2n) is 6.50. The number of hydrogen-bond donors (Lipinski definition) is 2. The fourth-order valence-corrected chi connectivity index (χ4v) is 3.41. The van der Waals surface area contributed by atoms with Gasteiger partial charge < -0.3 is 10.4 Å². The summed E-state index contributed by atoms with van der Waals surface area (Å²) in [7, 11) is 0. The molecule has 3 aromatic heterocycles. The molecule has 4 aromatic rings. The molecule has 0 amide bonds. The van der Waals surface area contributed by atoms with Gasteiger partial charge in [-0.25, -0.2) is 9.48 Å². The molecule has 0 radical (unpaired) electrons. The summed E-state index contributed by atoms with van der Waals surface area (Å²) in [4.78, 5) is 20.1. The summed E-state index contributed by atoms with van der Waals surface area (Å²) in [6.07, 6.45) is 7.51. The van der Waals surface area contributed by atoms with Crippen LogP contribution in [0, 0.1) is 0 Å². The molecule has 7 nitrogen and oxygen atoms in total. The first-order valence-corrected chi connectivity index (χ1v) is 9.69. The molecule has 4 rings (SSSR count). The van der Waals surface area contributed by atoms with Crippen molar-refractivity contribution in [3.63, 3.8) is 0 Å². The van der Waals surface area contributed by atoms with Crippen molar-refractivity contribution in [3.05, 3.63) is 83.5 Å². The van der Waals surface area contributed by atoms with Crippen molar-refractivity contribution in [3.8, 4) is 16.8 Å². The van der Waals surface area contributed by atoms with E-state index in [-0.39, 0.29) is 5.56 Å². The number of pyridine rings is 2. The highest BCUT2D eigenvalue weighted by Crippen LogP contribution is 2.36. The second-order valence-corrected chi connectivity index (χ2v) is 6.94. The van der Waals surface area contributed by atoms with E-state index in [2.05, 4.69) is 15.3 Å². The summed E-state index contributed by atoms with van der Waals surface area (Å²) in [6.45, 7) is 2.02. The molecule has 2 N–H and O–H groups in total. The van der Waals surface area contributed by atoms with Crippen molar-refractivity contribution < 1.29 is 9.90 Å². The number of nitrogens with one attached hydrogen (secondary N) is 1. The van der Waals surface area contributed by atoms with Gasteiger partial charge in [0.15, 0.2) is 0 Å². The lowest BCUT2D eigenvalue weighted by molar-refractivity contribution is 0.0698. The highest BCUT2D eigenvalue weighted by Gasteiger charge is 2.22. The van der Waals surface area contributed by atoms with Crippen LogP contribution in [0.2, 0.25) is 5.02 Å². The summed E-state index contributed by atoms with van der Waals surface area (Å²) in [6, 6.07) is 12.2. The molecule has 0 bridgehead atoms. The maximum absolute atomic E-state index is 11.8. The molecule has 3 heterocycles. The van der Waals surface area contributed by atoms with Gasteiger partial charge in [-0.15, -0.1) is 0 Å². The average Bonchev–Trinajstić information content (AvgIpc) is 3.14. The SMILES string of the molecule is CCc1nn(-c2ccncc2)c(Nc2ccc(Cl)cc2C(=O)O)c1-c1cccnc1. The first kappa shape index (κ1) is 19.6. The first-order valence-electron chi connectivity index (χ1n) is 9.31. The number of anilines is 2. The van der Waals surface area contributed by atoms with E-state index in [0.717, 1.165) is 22.5 Å². The summed E-state index contributed by atoms with van der Waals surface area (Å²) < 4.78 is 1.75. The Morgan fingerprint density at radius 1 is 1.13 bits per heavy atom. The van der Waals surface area contributed by atoms with Crippen LogP contribution in [-0.4, -0.2) is 30.8 Å². The van der Waals surface area contributed by atoms with E-state index in [9.17, 15) is 9.90 Å². The van der Waals surface area contributed by atoms with E-state index in [4.69, 9.17) is 16.7 Å². The number of halogens is 1. The highest BCUT2D eigenvalue weighted by atomic mass is 35.5. The Bertz CT molecular complexity index is 1190. The first-order chi connectivity index (χ1) is 14.6. The Labute approximate surface area is 178 Å². The zero-order chi connectivity index (χ0) is 21.1. The smallest absolute Gasteiger partial charge is 0.337 e. The van der Waals surface area contributed by atoms with Crippen LogP contribution < -0.4 is 5.32 Å². The standard InChI is InChI=1S/C22H18ClN5O2/c1-2-18-20(14-4-3-9-25-13-14)21(28(27-18)16-7-10-24-11-8-16)26-19-6-5-15(23)12-17(19)22(29)30/h3-13,26H,2H2,1H3,(H,29,30). The van der Waals surface area contributed by atoms with Gasteiger partial charge in [0.2, 0.25) is 0 Å². The molecule has 8 heteroatoms. The van der Waals surface area contributed by atoms with Crippen molar-refractivity contribution in [1.82, 2.24) is 19.7 Å². The second kappa shape index (κ2) is 8.34. The van der Waals surface area contributed by atoms with Gasteiger partial charge in [0.05, 0.1) is 22.6 Å². The third-order valence-corrected chi connectivity index (χ3v) is 4.85. The van der Waals surface area contributed by atoms with Crippen LogP contribution in [0.4, 0.5) is 11.5 Å². The predicted octanol–water partition coefficient (Wildman–Crippen LogP) is 4.99. The van der Waals surface area contributed by atoms with Crippen molar-refractivity contribution in [2.75, 3.05) is 5.32 Å². The molecule has 0 saturated heterocycles. The van der Waals surface area contributed by atoms with Crippen LogP contribution in [0.25, 0.3) is 16.8 Å². The van der Waals surface area contributed by atoms with Crippen LogP contribution in [0.1, 0.15) is 23.0 Å². The molecule has 0 spiro atoms. The third kappa shape index (κ3) is 3.75. The number of hydrogen-bond acceptors (Lipinski definition) is 5. The quantitative estimate of drug-likeness (QED) is 0.457. The van der Waals surface area contributed by atoms with Gasteiger partial charge in [-0.1, -0.05) is 24.6 Å². The molecule has 0 saturated carbocycles. The predicted molar refractivity (Wildman–Crippen MR) is 116 cm³/mol. The summed E-state index contributed by atoms with van der Waals surface area (Å²) >= 11 is 6.02. The number of carbonyl (C=O) groups is 1. The van der Waals surface area contributed by atoms with Gasteiger partial charge in [0, 0.05) is 40.9 Å². The van der Waals surface area contributed by atoms with Crippen molar-refractivity contribution in [2.45, 2.75) is 13.3 Å². The number of aromatic nitrogens is 4. The van der Waals surface area contributed by atoms with E-state index in [1.54, 1.807) is 41.6 Å². The monoisotopic (exact) mass is 419 g/mol. The van der Waals surface area contributed by atoms with Crippen molar-refractivity contribution >= 4 is 29.1 Å². The molecule has 0 aliphatic rings. The fraction of sp³-hybridized carbons (Fsp3) is 0.0909. The summed E-state index contributed by atoms with van der Waals surface area (Å²) in [5, 5.41) is 18.1. The lowest BCUT2D eigenvalue weighted by Crippen LogP contribution is -2.07. The van der Waals surface area contributed by atoms with Crippen LogP contribution >= 0.6 is 11.6 Å². The zero-order valence-corrected chi connectivity index (χ0v) is 16.8. The number of aromatic carboxylic acids is 1. The van der Waals surface area contributed by atoms with Crippen LogP contribution in [0.15, 0.2) is 67.3 Å². The molecule has 0 unspecified atom stereocenters. The Balaban J connectivity index is 1.96. The van der Waals surface area contributed by atoms with Crippen LogP contribution in [-0.2, 0) is 6.42 Å². The Kier molecular flexibility index (Phi) is 5.45. The molecular formula is C22H18ClN5O2. The van der Waals surface area contributed by atoms with Gasteiger partial charge in [-0.2, -0.15) is 5.10 Å². The Morgan fingerprint density at radius 2 is 1.93 bits per heavy atom. The van der Waals surface area contributed by atoms with Crippen LogP contribution in [0.5, 0.6) is 0 Å². The summed E-state index contributed by atoms with van der Waals surface area (Å²) in [5.74, 6) is -0.440. The van der Waals surface area contributed by atoms with Crippen molar-refractivity contribution in [1.29, 1.82) is 0 Å². The van der Waals surface area contributed by atoms with Gasteiger partial charge >= 0.3 is 5.97 Å². The number of carboxylic acids is 1. The molecule has 30 heavy (non-hydrogen) atoms. The number of benzene rings is 1. The minimum absolute atomic E-state index is 0.0696. The van der Waals surface area contributed by atoms with E-state index >= 15 is 0 Å². The van der Waals surface area contributed by atoms with E-state index < -0.39 is 5.97 Å². The molecule has 150 valence electrons. The summed E-state index contributed by atoms with van der Waals surface area (Å²) in [5.41, 5.74) is 3.86. The third-order valence-electron chi connectivity index (χ3n) is 4.62. The van der Waals surface area contributed by atoms with Gasteiger partial charge in [0.25, 0.3) is 0 Å². The normalized spacial score (nSPS) is 10.7. The molecular weight excluding hydrogens is 402 g/mol. The largest absolute Gasteiger partial charge is 0.478 e. The maximum Gasteiger partial charge on any atom is 0.337 e. The number of nitrogens with zero attached hydrogens (tertiary/aromatic N) is 4. The van der Waals surface area contributed by atoms with E-state index in [1.165, 1.54) is 6.07 Å². The highest BCUT2D eigenvalue weighted by molar-refractivity contribution is 6.31. The molecule has 0 fully saturated rings. The Morgan fingerprint density at radius 3 is 2.60 bits per heavy atom. The lowest BCUT2D eigenvalue weighted by Gasteiger charge is -2.14. The van der Waals surface area contributed by atoms with Crippen molar-refractivity contribution in [2.24, 2.45) is 0 Å². The minimum atomic E-state index is -1.08. The Hall–Kier alpha value is -3.71. The number of aryl methyl sites for hydroxylation is 1. The fourth-order valence-electron chi connectivity index (χ4n) is 3.24. The zero-order valence-electron chi connectivity index (χ0n) is 16.1. The van der Waals surface area contributed by atoms with E-state index in [0.29, 0.717) is 22.9 Å². The number of rotatable bonds is 6. The molecule has 0 aliphatic heterocycles. The van der Waals surface area contributed by atoms with Gasteiger partial charge in [-0.3, -0.25) is 9.97 Å². The lowest BCUT2D eigenvalue weighted by atomic mass is 10.1. The van der Waals surface area contributed by atoms with Crippen LogP contribution in [0.3, 0.4) is 0 Å². The number of carboxylic acid groups (broad SMARTS) is 1. The van der Waals surface area contributed by atoms with Gasteiger partial charge in [0.1, 0.15) is 5.82 Å². The minimum Gasteiger partial charge on any atom is -0.478 e. The topological polar surface area (TPSA) is 92.9 Å². The van der Waals surface area contributed by atoms with Gasteiger partial charge in [-0.05, 0) is 42.8 Å². The molecule has 0 aliphatic carbocycles.